The predicted octanol–water partition coefficient (Wildman–Crippen LogP) is 6.39. The molecule has 0 aliphatic carbocycles. The number of carbonyl (C=O) groups excluding carboxylic acids is 2. The number of hydrogen-bond acceptors (Lipinski definition) is 10. The smallest absolute Gasteiger partial charge is 0.293 e. The number of nitro groups is 1. The number of piperazine rings is 1. The Morgan fingerprint density at radius 3 is 2.25 bits per heavy atom. The summed E-state index contributed by atoms with van der Waals surface area (Å²) in [6, 6.07) is 29.8. The standard InChI is InChI=1S/C38H34FN5O7S2/c39-34-24-28(11-15-33(34)27-5-4-6-30(45)23-27)38(47)43-20-18-42(19-21-43)29-12-9-26(10-13-29)37(46)41-53(50,51)32-14-16-35(36(25-32)44(48)49)40-17-22-52-31-7-2-1-3-8-31/h1-16,23-25,40,45H,17-22H2,(H,41,46). The highest BCUT2D eigenvalue weighted by atomic mass is 32.2. The van der Waals surface area contributed by atoms with Gasteiger partial charge in [0.05, 0.1) is 9.82 Å². The molecule has 0 saturated carbocycles. The highest BCUT2D eigenvalue weighted by Gasteiger charge is 2.26. The Balaban J connectivity index is 1.02. The fraction of sp³-hybridized carbons (Fsp3) is 0.158. The molecule has 0 bridgehead atoms. The van der Waals surface area contributed by atoms with Gasteiger partial charge in [0, 0.05) is 71.8 Å². The first-order valence-corrected chi connectivity index (χ1v) is 19.0. The Morgan fingerprint density at radius 1 is 0.849 bits per heavy atom. The van der Waals surface area contributed by atoms with E-state index in [0.717, 1.165) is 16.6 Å². The Morgan fingerprint density at radius 2 is 1.57 bits per heavy atom. The van der Waals surface area contributed by atoms with Crippen LogP contribution in [-0.4, -0.2) is 73.6 Å². The molecule has 6 rings (SSSR count). The van der Waals surface area contributed by atoms with Crippen LogP contribution in [0.4, 0.5) is 21.5 Å². The molecule has 0 atom stereocenters. The number of nitro benzene ring substituents is 1. The van der Waals surface area contributed by atoms with Crippen LogP contribution in [0.3, 0.4) is 0 Å². The van der Waals surface area contributed by atoms with Gasteiger partial charge in [-0.25, -0.2) is 17.5 Å². The Hall–Kier alpha value is -5.93. The summed E-state index contributed by atoms with van der Waals surface area (Å²) in [6.07, 6.45) is 0. The van der Waals surface area contributed by atoms with Gasteiger partial charge in [0.1, 0.15) is 17.3 Å². The van der Waals surface area contributed by atoms with E-state index in [1.165, 1.54) is 48.5 Å². The van der Waals surface area contributed by atoms with E-state index < -0.39 is 37.3 Å². The van der Waals surface area contributed by atoms with Crippen LogP contribution in [0.1, 0.15) is 20.7 Å². The van der Waals surface area contributed by atoms with Crippen molar-refractivity contribution in [3.8, 4) is 16.9 Å². The van der Waals surface area contributed by atoms with Crippen molar-refractivity contribution >= 4 is 50.7 Å². The van der Waals surface area contributed by atoms with Gasteiger partial charge in [-0.1, -0.05) is 36.4 Å². The van der Waals surface area contributed by atoms with Crippen LogP contribution >= 0.6 is 11.8 Å². The van der Waals surface area contributed by atoms with E-state index in [1.807, 2.05) is 40.0 Å². The summed E-state index contributed by atoms with van der Waals surface area (Å²) < 4.78 is 43.1. The van der Waals surface area contributed by atoms with Gasteiger partial charge in [-0.2, -0.15) is 0 Å². The molecule has 15 heteroatoms. The molecule has 1 aliphatic rings. The van der Waals surface area contributed by atoms with Crippen LogP contribution in [0.15, 0.2) is 125 Å². The number of carbonyl (C=O) groups is 2. The van der Waals surface area contributed by atoms with E-state index in [0.29, 0.717) is 44.0 Å². The lowest BCUT2D eigenvalue weighted by molar-refractivity contribution is -0.384. The van der Waals surface area contributed by atoms with E-state index in [-0.39, 0.29) is 34.0 Å². The van der Waals surface area contributed by atoms with Crippen molar-refractivity contribution in [1.82, 2.24) is 9.62 Å². The molecule has 0 aromatic heterocycles. The molecular formula is C38H34FN5O7S2. The van der Waals surface area contributed by atoms with E-state index in [1.54, 1.807) is 47.0 Å². The average Bonchev–Trinajstić information content (AvgIpc) is 3.16. The Kier molecular flexibility index (Phi) is 11.2. The summed E-state index contributed by atoms with van der Waals surface area (Å²) in [4.78, 5) is 41.5. The normalized spacial score (nSPS) is 13.0. The molecule has 12 nitrogen and oxygen atoms in total. The van der Waals surface area contributed by atoms with Crippen LogP contribution in [0.2, 0.25) is 0 Å². The first-order chi connectivity index (χ1) is 25.5. The number of rotatable bonds is 12. The molecule has 5 aromatic rings. The maximum absolute atomic E-state index is 14.9. The van der Waals surface area contributed by atoms with Crippen LogP contribution in [0, 0.1) is 15.9 Å². The maximum atomic E-state index is 14.9. The molecule has 53 heavy (non-hydrogen) atoms. The fourth-order valence-electron chi connectivity index (χ4n) is 5.82. The first kappa shape index (κ1) is 36.8. The molecule has 0 unspecified atom stereocenters. The van der Waals surface area contributed by atoms with Gasteiger partial charge < -0.3 is 20.2 Å². The number of phenolic OH excluding ortho intramolecular Hbond substituents is 1. The van der Waals surface area contributed by atoms with E-state index in [2.05, 4.69) is 5.32 Å². The second kappa shape index (κ2) is 16.2. The summed E-state index contributed by atoms with van der Waals surface area (Å²) >= 11 is 1.57. The molecule has 0 radical (unpaired) electrons. The minimum absolute atomic E-state index is 0.0105. The van der Waals surface area contributed by atoms with Gasteiger partial charge in [-0.15, -0.1) is 11.8 Å². The molecule has 0 spiro atoms. The number of thioether (sulfide) groups is 1. The zero-order valence-electron chi connectivity index (χ0n) is 28.1. The molecule has 1 saturated heterocycles. The third-order valence-electron chi connectivity index (χ3n) is 8.57. The third-order valence-corrected chi connectivity index (χ3v) is 10.9. The van der Waals surface area contributed by atoms with Crippen molar-refractivity contribution in [1.29, 1.82) is 0 Å². The molecule has 3 N–H and O–H groups in total. The summed E-state index contributed by atoms with van der Waals surface area (Å²) in [5.74, 6) is -1.16. The maximum Gasteiger partial charge on any atom is 0.293 e. The lowest BCUT2D eigenvalue weighted by Crippen LogP contribution is -2.48. The van der Waals surface area contributed by atoms with Crippen molar-refractivity contribution in [2.45, 2.75) is 9.79 Å². The topological polar surface area (TPSA) is 162 Å². The second-order valence-corrected chi connectivity index (χ2v) is 14.9. The molecular weight excluding hydrogens is 722 g/mol. The number of halogens is 1. The molecule has 1 aliphatic heterocycles. The highest BCUT2D eigenvalue weighted by Crippen LogP contribution is 2.29. The zero-order chi connectivity index (χ0) is 37.5. The van der Waals surface area contributed by atoms with Crippen LogP contribution in [0.5, 0.6) is 5.75 Å². The van der Waals surface area contributed by atoms with Crippen LogP contribution in [0.25, 0.3) is 11.1 Å². The lowest BCUT2D eigenvalue weighted by atomic mass is 10.0. The second-order valence-electron chi connectivity index (χ2n) is 12.0. The van der Waals surface area contributed by atoms with Crippen molar-refractivity contribution in [3.05, 3.63) is 142 Å². The van der Waals surface area contributed by atoms with Crippen molar-refractivity contribution < 1.29 is 32.4 Å². The molecule has 1 fully saturated rings. The molecule has 5 aromatic carbocycles. The quantitative estimate of drug-likeness (QED) is 0.0563. The van der Waals surface area contributed by atoms with Gasteiger partial charge in [0.15, 0.2) is 0 Å². The van der Waals surface area contributed by atoms with Crippen molar-refractivity contribution in [3.63, 3.8) is 0 Å². The summed E-state index contributed by atoms with van der Waals surface area (Å²) in [7, 11) is -4.45. The Bertz CT molecular complexity index is 2250. The third kappa shape index (κ3) is 8.94. The van der Waals surface area contributed by atoms with Gasteiger partial charge >= 0.3 is 0 Å². The van der Waals surface area contributed by atoms with Gasteiger partial charge in [0.2, 0.25) is 0 Å². The highest BCUT2D eigenvalue weighted by molar-refractivity contribution is 7.99. The predicted molar refractivity (Wildman–Crippen MR) is 201 cm³/mol. The number of nitrogens with one attached hydrogen (secondary N) is 2. The first-order valence-electron chi connectivity index (χ1n) is 16.5. The molecule has 272 valence electrons. The molecule has 1 heterocycles. The summed E-state index contributed by atoms with van der Waals surface area (Å²) in [5, 5.41) is 24.5. The minimum atomic E-state index is -4.45. The van der Waals surface area contributed by atoms with E-state index in [4.69, 9.17) is 0 Å². The zero-order valence-corrected chi connectivity index (χ0v) is 29.8. The minimum Gasteiger partial charge on any atom is -0.508 e. The van der Waals surface area contributed by atoms with Gasteiger partial charge in [-0.05, 0) is 78.4 Å². The number of sulfonamides is 1. The fourth-order valence-corrected chi connectivity index (χ4v) is 7.60. The number of nitrogens with zero attached hydrogens (tertiary/aromatic N) is 3. The number of amides is 2. The number of benzene rings is 5. The summed E-state index contributed by atoms with van der Waals surface area (Å²) in [6.45, 7) is 2.05. The van der Waals surface area contributed by atoms with Crippen molar-refractivity contribution in [2.75, 3.05) is 48.7 Å². The molecule has 2 amide bonds. The SMILES string of the molecule is O=C(NS(=O)(=O)c1ccc(NCCSc2ccccc2)c([N+](=O)[O-])c1)c1ccc(N2CCN(C(=O)c3ccc(-c4cccc(O)c4)c(F)c3)CC2)cc1. The van der Waals surface area contributed by atoms with Crippen LogP contribution < -0.4 is 14.9 Å². The van der Waals surface area contributed by atoms with Gasteiger partial charge in [-0.3, -0.25) is 19.7 Å². The number of hydrogen-bond donors (Lipinski definition) is 3. The number of phenols is 1. The average molecular weight is 756 g/mol. The van der Waals surface area contributed by atoms with E-state index in [9.17, 15) is 37.6 Å². The Labute approximate surface area is 309 Å². The van der Waals surface area contributed by atoms with E-state index >= 15 is 0 Å². The summed E-state index contributed by atoms with van der Waals surface area (Å²) in [5.41, 5.74) is 1.50. The van der Waals surface area contributed by atoms with Crippen molar-refractivity contribution in [2.24, 2.45) is 0 Å². The lowest BCUT2D eigenvalue weighted by Gasteiger charge is -2.36. The monoisotopic (exact) mass is 755 g/mol. The van der Waals surface area contributed by atoms with Crippen LogP contribution in [-0.2, 0) is 10.0 Å². The van der Waals surface area contributed by atoms with Gasteiger partial charge in [0.25, 0.3) is 27.5 Å². The number of anilines is 2. The largest absolute Gasteiger partial charge is 0.508 e. The number of aromatic hydroxyl groups is 1.